The van der Waals surface area contributed by atoms with Crippen molar-refractivity contribution in [1.29, 1.82) is 0 Å². The molecule has 1 rings (SSSR count). The van der Waals surface area contributed by atoms with Crippen LogP contribution in [0.3, 0.4) is 0 Å². The second-order valence-electron chi connectivity index (χ2n) is 4.48. The van der Waals surface area contributed by atoms with Gasteiger partial charge in [-0.05, 0) is 24.1 Å². The van der Waals surface area contributed by atoms with Crippen LogP contribution < -0.4 is 5.73 Å². The van der Waals surface area contributed by atoms with E-state index in [1.807, 2.05) is 13.8 Å². The molecule has 102 valence electrons. The van der Waals surface area contributed by atoms with E-state index in [2.05, 4.69) is 0 Å². The molecule has 18 heavy (non-hydrogen) atoms. The van der Waals surface area contributed by atoms with Crippen molar-refractivity contribution in [3.05, 3.63) is 24.0 Å². The Hall–Kier alpha value is -1.14. The van der Waals surface area contributed by atoms with E-state index >= 15 is 0 Å². The van der Waals surface area contributed by atoms with Gasteiger partial charge in [0.15, 0.2) is 0 Å². The Morgan fingerprint density at radius 3 is 2.56 bits per heavy atom. The quantitative estimate of drug-likeness (QED) is 0.836. The maximum atomic E-state index is 13.0. The molecule has 1 aromatic carbocycles. The SMILES string of the molecule is CCC(C)CN(C)S(=O)(=O)c1ccc(F)c(N)c1. The summed E-state index contributed by atoms with van der Waals surface area (Å²) in [5.74, 6) is -0.346. The van der Waals surface area contributed by atoms with Gasteiger partial charge in [-0.15, -0.1) is 0 Å². The molecule has 0 bridgehead atoms. The average molecular weight is 274 g/mol. The van der Waals surface area contributed by atoms with Gasteiger partial charge < -0.3 is 5.73 Å². The summed E-state index contributed by atoms with van der Waals surface area (Å²) in [6, 6.07) is 3.45. The molecule has 0 fully saturated rings. The molecule has 0 aliphatic carbocycles. The molecule has 6 heteroatoms. The molecule has 0 saturated heterocycles. The van der Waals surface area contributed by atoms with Crippen molar-refractivity contribution in [2.45, 2.75) is 25.2 Å². The molecule has 0 aromatic heterocycles. The van der Waals surface area contributed by atoms with E-state index in [-0.39, 0.29) is 16.5 Å². The van der Waals surface area contributed by atoms with Crippen LogP contribution in [0.1, 0.15) is 20.3 Å². The first-order chi connectivity index (χ1) is 8.28. The van der Waals surface area contributed by atoms with Crippen LogP contribution in [0.15, 0.2) is 23.1 Å². The lowest BCUT2D eigenvalue weighted by atomic mass is 10.1. The van der Waals surface area contributed by atoms with Crippen LogP contribution in [0.5, 0.6) is 0 Å². The molecule has 0 heterocycles. The molecule has 0 spiro atoms. The Labute approximate surface area is 108 Å². The highest BCUT2D eigenvalue weighted by Gasteiger charge is 2.22. The summed E-state index contributed by atoms with van der Waals surface area (Å²) in [7, 11) is -2.08. The fraction of sp³-hybridized carbons (Fsp3) is 0.500. The van der Waals surface area contributed by atoms with Crippen LogP contribution in [0.25, 0.3) is 0 Å². The first kappa shape index (κ1) is 14.9. The predicted octanol–water partition coefficient (Wildman–Crippen LogP) is 2.07. The third-order valence-electron chi connectivity index (χ3n) is 2.94. The van der Waals surface area contributed by atoms with Crippen LogP contribution in [-0.4, -0.2) is 26.3 Å². The van der Waals surface area contributed by atoms with Crippen molar-refractivity contribution < 1.29 is 12.8 Å². The van der Waals surface area contributed by atoms with Gasteiger partial charge in [-0.2, -0.15) is 0 Å². The smallest absolute Gasteiger partial charge is 0.242 e. The third-order valence-corrected chi connectivity index (χ3v) is 4.76. The Balaban J connectivity index is 3.02. The van der Waals surface area contributed by atoms with Crippen molar-refractivity contribution in [3.8, 4) is 0 Å². The summed E-state index contributed by atoms with van der Waals surface area (Å²) in [5.41, 5.74) is 5.23. The number of nitrogen functional groups attached to an aromatic ring is 1. The lowest BCUT2D eigenvalue weighted by molar-refractivity contribution is 0.393. The van der Waals surface area contributed by atoms with Gasteiger partial charge in [0.25, 0.3) is 0 Å². The summed E-state index contributed by atoms with van der Waals surface area (Å²) in [6.07, 6.45) is 0.894. The third kappa shape index (κ3) is 3.20. The number of hydrogen-bond acceptors (Lipinski definition) is 3. The van der Waals surface area contributed by atoms with Crippen molar-refractivity contribution >= 4 is 15.7 Å². The summed E-state index contributed by atoms with van der Waals surface area (Å²) in [5, 5.41) is 0. The van der Waals surface area contributed by atoms with E-state index in [1.165, 1.54) is 17.4 Å². The number of sulfonamides is 1. The first-order valence-electron chi connectivity index (χ1n) is 5.80. The van der Waals surface area contributed by atoms with Gasteiger partial charge >= 0.3 is 0 Å². The van der Waals surface area contributed by atoms with E-state index in [4.69, 9.17) is 5.73 Å². The molecular formula is C12H19FN2O2S. The number of halogens is 1. The Kier molecular flexibility index (Phi) is 4.70. The van der Waals surface area contributed by atoms with E-state index in [1.54, 1.807) is 0 Å². The summed E-state index contributed by atoms with van der Waals surface area (Å²) < 4.78 is 38.7. The molecule has 0 saturated carbocycles. The van der Waals surface area contributed by atoms with Crippen LogP contribution in [-0.2, 0) is 10.0 Å². The van der Waals surface area contributed by atoms with Gasteiger partial charge in [-0.1, -0.05) is 20.3 Å². The highest BCUT2D eigenvalue weighted by molar-refractivity contribution is 7.89. The molecule has 0 aliphatic rings. The molecule has 0 radical (unpaired) electrons. The fourth-order valence-corrected chi connectivity index (χ4v) is 2.85. The second-order valence-corrected chi connectivity index (χ2v) is 6.53. The molecule has 1 atom stereocenters. The molecule has 0 aliphatic heterocycles. The monoisotopic (exact) mass is 274 g/mol. The summed E-state index contributed by atoms with van der Waals surface area (Å²) in [4.78, 5) is 0.0206. The highest BCUT2D eigenvalue weighted by Crippen LogP contribution is 2.20. The average Bonchev–Trinajstić information content (AvgIpc) is 2.32. The predicted molar refractivity (Wildman–Crippen MR) is 70.1 cm³/mol. The number of hydrogen-bond donors (Lipinski definition) is 1. The normalized spacial score (nSPS) is 13.8. The zero-order chi connectivity index (χ0) is 13.9. The van der Waals surface area contributed by atoms with Crippen molar-refractivity contribution in [1.82, 2.24) is 4.31 Å². The van der Waals surface area contributed by atoms with Crippen molar-refractivity contribution in [2.24, 2.45) is 5.92 Å². The largest absolute Gasteiger partial charge is 0.396 e. The molecule has 4 nitrogen and oxygen atoms in total. The van der Waals surface area contributed by atoms with Gasteiger partial charge in [0, 0.05) is 13.6 Å². The first-order valence-corrected chi connectivity index (χ1v) is 7.24. The van der Waals surface area contributed by atoms with Crippen LogP contribution >= 0.6 is 0 Å². The zero-order valence-electron chi connectivity index (χ0n) is 10.9. The van der Waals surface area contributed by atoms with Gasteiger partial charge in [-0.3, -0.25) is 0 Å². The van der Waals surface area contributed by atoms with Crippen molar-refractivity contribution in [2.75, 3.05) is 19.3 Å². The fourth-order valence-electron chi connectivity index (χ4n) is 1.53. The number of benzene rings is 1. The van der Waals surface area contributed by atoms with E-state index < -0.39 is 15.8 Å². The minimum Gasteiger partial charge on any atom is -0.396 e. The van der Waals surface area contributed by atoms with Crippen LogP contribution in [0, 0.1) is 11.7 Å². The lowest BCUT2D eigenvalue weighted by Crippen LogP contribution is -2.31. The zero-order valence-corrected chi connectivity index (χ0v) is 11.7. The minimum absolute atomic E-state index is 0.0206. The van der Waals surface area contributed by atoms with Gasteiger partial charge in [0.05, 0.1) is 10.6 Å². The molecular weight excluding hydrogens is 255 g/mol. The maximum Gasteiger partial charge on any atom is 0.242 e. The number of nitrogens with two attached hydrogens (primary N) is 1. The number of nitrogens with zero attached hydrogens (tertiary/aromatic N) is 1. The maximum absolute atomic E-state index is 13.0. The lowest BCUT2D eigenvalue weighted by Gasteiger charge is -2.20. The van der Waals surface area contributed by atoms with Gasteiger partial charge in [0.2, 0.25) is 10.0 Å². The summed E-state index contributed by atoms with van der Waals surface area (Å²) in [6.45, 7) is 4.40. The topological polar surface area (TPSA) is 63.4 Å². The number of anilines is 1. The Morgan fingerprint density at radius 2 is 2.06 bits per heavy atom. The molecule has 0 amide bonds. The van der Waals surface area contributed by atoms with E-state index in [0.29, 0.717) is 6.54 Å². The van der Waals surface area contributed by atoms with E-state index in [9.17, 15) is 12.8 Å². The van der Waals surface area contributed by atoms with Crippen molar-refractivity contribution in [3.63, 3.8) is 0 Å². The Morgan fingerprint density at radius 1 is 1.44 bits per heavy atom. The highest BCUT2D eigenvalue weighted by atomic mass is 32.2. The van der Waals surface area contributed by atoms with Crippen LogP contribution in [0.2, 0.25) is 0 Å². The Bertz CT molecular complexity index is 517. The number of rotatable bonds is 5. The molecule has 2 N–H and O–H groups in total. The molecule has 1 unspecified atom stereocenters. The van der Waals surface area contributed by atoms with Gasteiger partial charge in [-0.25, -0.2) is 17.1 Å². The minimum atomic E-state index is -3.60. The second kappa shape index (κ2) is 5.67. The summed E-state index contributed by atoms with van der Waals surface area (Å²) >= 11 is 0. The van der Waals surface area contributed by atoms with E-state index in [0.717, 1.165) is 18.6 Å². The van der Waals surface area contributed by atoms with Gasteiger partial charge in [0.1, 0.15) is 5.82 Å². The molecule has 1 aromatic rings. The van der Waals surface area contributed by atoms with Crippen LogP contribution in [0.4, 0.5) is 10.1 Å². The standard InChI is InChI=1S/C12H19FN2O2S/c1-4-9(2)8-15(3)18(16,17)10-5-6-11(13)12(14)7-10/h5-7,9H,4,8,14H2,1-3H3.